The van der Waals surface area contributed by atoms with E-state index in [-0.39, 0.29) is 30.5 Å². The summed E-state index contributed by atoms with van der Waals surface area (Å²) in [4.78, 5) is 10.3. The number of ether oxygens (including phenoxy) is 2. The van der Waals surface area contributed by atoms with Crippen molar-refractivity contribution >= 4 is 5.69 Å². The van der Waals surface area contributed by atoms with Gasteiger partial charge in [-0.05, 0) is 30.3 Å². The summed E-state index contributed by atoms with van der Waals surface area (Å²) in [6.07, 6.45) is 0. The summed E-state index contributed by atoms with van der Waals surface area (Å²) in [7, 11) is 0. The highest BCUT2D eigenvalue weighted by Gasteiger charge is 2.13. The quantitative estimate of drug-likeness (QED) is 0.462. The van der Waals surface area contributed by atoms with Crippen LogP contribution in [0.4, 0.5) is 10.1 Å². The van der Waals surface area contributed by atoms with Crippen LogP contribution in [0.3, 0.4) is 0 Å². The van der Waals surface area contributed by atoms with Gasteiger partial charge >= 0.3 is 5.69 Å². The van der Waals surface area contributed by atoms with Crippen molar-refractivity contribution in [3.05, 3.63) is 64.5 Å². The van der Waals surface area contributed by atoms with E-state index in [2.05, 4.69) is 0 Å². The van der Waals surface area contributed by atoms with Crippen LogP contribution in [0.25, 0.3) is 0 Å². The van der Waals surface area contributed by atoms with Gasteiger partial charge < -0.3 is 9.47 Å². The predicted molar refractivity (Wildman–Crippen MR) is 70.5 cm³/mol. The molecule has 0 bridgehead atoms. The summed E-state index contributed by atoms with van der Waals surface area (Å²) in [6.45, 7) is 0.361. The number of rotatable bonds is 6. The lowest BCUT2D eigenvalue weighted by molar-refractivity contribution is -0.385. The van der Waals surface area contributed by atoms with E-state index in [0.717, 1.165) is 0 Å². The lowest BCUT2D eigenvalue weighted by Crippen LogP contribution is -2.09. The number of halogens is 1. The Balaban J connectivity index is 1.84. The van der Waals surface area contributed by atoms with Crippen LogP contribution in [0.15, 0.2) is 48.5 Å². The second-order valence-electron chi connectivity index (χ2n) is 3.88. The first-order valence-electron chi connectivity index (χ1n) is 5.91. The van der Waals surface area contributed by atoms with Crippen molar-refractivity contribution in [2.45, 2.75) is 0 Å². The van der Waals surface area contributed by atoms with E-state index in [1.165, 1.54) is 36.4 Å². The lowest BCUT2D eigenvalue weighted by atomic mass is 10.3. The Bertz CT molecular complexity index is 586. The number of para-hydroxylation sites is 2. The molecule has 0 aromatic heterocycles. The molecule has 0 radical (unpaired) electrons. The van der Waals surface area contributed by atoms with Gasteiger partial charge in [0.2, 0.25) is 0 Å². The van der Waals surface area contributed by atoms with Gasteiger partial charge in [-0.25, -0.2) is 4.39 Å². The summed E-state index contributed by atoms with van der Waals surface area (Å²) >= 11 is 0. The molecular weight excluding hydrogens is 265 g/mol. The molecular formula is C14H12FNO4. The summed E-state index contributed by atoms with van der Waals surface area (Å²) in [5.41, 5.74) is -0.0886. The maximum absolute atomic E-state index is 12.7. The third kappa shape index (κ3) is 3.68. The van der Waals surface area contributed by atoms with Crippen molar-refractivity contribution in [2.75, 3.05) is 13.2 Å². The molecule has 5 nitrogen and oxygen atoms in total. The Morgan fingerprint density at radius 2 is 1.65 bits per heavy atom. The monoisotopic (exact) mass is 277 g/mol. The molecule has 2 aromatic rings. The van der Waals surface area contributed by atoms with Crippen molar-refractivity contribution in [3.63, 3.8) is 0 Å². The summed E-state index contributed by atoms with van der Waals surface area (Å²) in [5.74, 6) is 0.367. The molecule has 2 rings (SSSR count). The van der Waals surface area contributed by atoms with Gasteiger partial charge in [0.15, 0.2) is 5.75 Å². The summed E-state index contributed by atoms with van der Waals surface area (Å²) < 4.78 is 23.3. The number of hydrogen-bond donors (Lipinski definition) is 0. The van der Waals surface area contributed by atoms with Gasteiger partial charge in [0.05, 0.1) is 4.92 Å². The van der Waals surface area contributed by atoms with Crippen LogP contribution in [0, 0.1) is 15.9 Å². The maximum Gasteiger partial charge on any atom is 0.310 e. The van der Waals surface area contributed by atoms with Crippen LogP contribution in [0.5, 0.6) is 11.5 Å². The molecule has 2 aromatic carbocycles. The molecule has 0 aliphatic heterocycles. The number of nitrogens with zero attached hydrogens (tertiary/aromatic N) is 1. The fourth-order valence-electron chi connectivity index (χ4n) is 1.57. The number of nitro groups is 1. The Morgan fingerprint density at radius 3 is 2.35 bits per heavy atom. The minimum Gasteiger partial charge on any atom is -0.490 e. The standard InChI is InChI=1S/C14H12FNO4/c15-11-5-7-12(8-6-11)19-9-10-20-14-4-2-1-3-13(14)16(17)18/h1-8H,9-10H2. The van der Waals surface area contributed by atoms with E-state index < -0.39 is 4.92 Å². The molecule has 0 aliphatic rings. The van der Waals surface area contributed by atoms with E-state index in [1.807, 2.05) is 0 Å². The molecule has 6 heteroatoms. The van der Waals surface area contributed by atoms with Gasteiger partial charge in [0, 0.05) is 6.07 Å². The summed E-state index contributed by atoms with van der Waals surface area (Å²) in [6, 6.07) is 11.7. The zero-order valence-corrected chi connectivity index (χ0v) is 10.5. The molecule has 20 heavy (non-hydrogen) atoms. The SMILES string of the molecule is O=[N+]([O-])c1ccccc1OCCOc1ccc(F)cc1. The Kier molecular flexibility index (Phi) is 4.49. The molecule has 104 valence electrons. The van der Waals surface area contributed by atoms with E-state index >= 15 is 0 Å². The first-order valence-corrected chi connectivity index (χ1v) is 5.91. The Hall–Kier alpha value is -2.63. The van der Waals surface area contributed by atoms with E-state index in [0.29, 0.717) is 5.75 Å². The lowest BCUT2D eigenvalue weighted by Gasteiger charge is -2.08. The first-order chi connectivity index (χ1) is 9.66. The van der Waals surface area contributed by atoms with Crippen molar-refractivity contribution in [1.29, 1.82) is 0 Å². The van der Waals surface area contributed by atoms with Gasteiger partial charge in [-0.1, -0.05) is 12.1 Å². The molecule has 0 saturated heterocycles. The summed E-state index contributed by atoms with van der Waals surface area (Å²) in [5, 5.41) is 10.8. The average molecular weight is 277 g/mol. The molecule has 0 N–H and O–H groups in total. The fraction of sp³-hybridized carbons (Fsp3) is 0.143. The number of benzene rings is 2. The van der Waals surface area contributed by atoms with Crippen molar-refractivity contribution in [3.8, 4) is 11.5 Å². The van der Waals surface area contributed by atoms with Crippen LogP contribution in [0.2, 0.25) is 0 Å². The van der Waals surface area contributed by atoms with E-state index in [4.69, 9.17) is 9.47 Å². The molecule has 0 unspecified atom stereocenters. The molecule has 0 atom stereocenters. The van der Waals surface area contributed by atoms with Gasteiger partial charge in [0.1, 0.15) is 24.8 Å². The number of nitro benzene ring substituents is 1. The van der Waals surface area contributed by atoms with E-state index in [1.54, 1.807) is 12.1 Å². The molecule has 0 fully saturated rings. The maximum atomic E-state index is 12.7. The van der Waals surface area contributed by atoms with Crippen molar-refractivity contribution in [1.82, 2.24) is 0 Å². The molecule has 0 spiro atoms. The Labute approximate surface area is 114 Å². The Morgan fingerprint density at radius 1 is 1.00 bits per heavy atom. The average Bonchev–Trinajstić information content (AvgIpc) is 2.46. The highest BCUT2D eigenvalue weighted by atomic mass is 19.1. The van der Waals surface area contributed by atoms with Crippen molar-refractivity contribution < 1.29 is 18.8 Å². The number of hydrogen-bond acceptors (Lipinski definition) is 4. The highest BCUT2D eigenvalue weighted by Crippen LogP contribution is 2.25. The van der Waals surface area contributed by atoms with Crippen LogP contribution < -0.4 is 9.47 Å². The third-order valence-corrected chi connectivity index (χ3v) is 2.49. The predicted octanol–water partition coefficient (Wildman–Crippen LogP) is 3.19. The van der Waals surface area contributed by atoms with Crippen LogP contribution in [-0.4, -0.2) is 18.1 Å². The highest BCUT2D eigenvalue weighted by molar-refractivity contribution is 5.45. The van der Waals surface area contributed by atoms with Crippen LogP contribution >= 0.6 is 0 Å². The second kappa shape index (κ2) is 6.51. The minimum absolute atomic E-state index is 0.0886. The van der Waals surface area contributed by atoms with Crippen LogP contribution in [0.1, 0.15) is 0 Å². The largest absolute Gasteiger partial charge is 0.490 e. The van der Waals surface area contributed by atoms with Crippen molar-refractivity contribution in [2.24, 2.45) is 0 Å². The van der Waals surface area contributed by atoms with Gasteiger partial charge in [-0.2, -0.15) is 0 Å². The van der Waals surface area contributed by atoms with E-state index in [9.17, 15) is 14.5 Å². The van der Waals surface area contributed by atoms with Gasteiger partial charge in [-0.3, -0.25) is 10.1 Å². The first kappa shape index (κ1) is 13.8. The van der Waals surface area contributed by atoms with Gasteiger partial charge in [0.25, 0.3) is 0 Å². The zero-order valence-electron chi connectivity index (χ0n) is 10.5. The molecule has 0 heterocycles. The molecule has 0 aliphatic carbocycles. The molecule has 0 amide bonds. The topological polar surface area (TPSA) is 61.6 Å². The zero-order chi connectivity index (χ0) is 14.4. The normalized spacial score (nSPS) is 10.1. The van der Waals surface area contributed by atoms with Crippen LogP contribution in [-0.2, 0) is 0 Å². The fourth-order valence-corrected chi connectivity index (χ4v) is 1.57. The van der Waals surface area contributed by atoms with Gasteiger partial charge in [-0.15, -0.1) is 0 Å². The third-order valence-electron chi connectivity index (χ3n) is 2.49. The minimum atomic E-state index is -0.504. The smallest absolute Gasteiger partial charge is 0.310 e. The molecule has 0 saturated carbocycles. The second-order valence-corrected chi connectivity index (χ2v) is 3.88.